The van der Waals surface area contributed by atoms with E-state index in [0.717, 1.165) is 6.42 Å². The molecule has 2 N–H and O–H groups in total. The van der Waals surface area contributed by atoms with Gasteiger partial charge in [-0.05, 0) is 41.5 Å². The lowest BCUT2D eigenvalue weighted by molar-refractivity contribution is 0.0453. The minimum absolute atomic E-state index is 0.0587. The summed E-state index contributed by atoms with van der Waals surface area (Å²) in [5.74, 6) is 0.183. The molecule has 4 rings (SSSR count). The molecule has 0 radical (unpaired) electrons. The van der Waals surface area contributed by atoms with Crippen molar-refractivity contribution in [1.29, 1.82) is 0 Å². The molecule has 1 aliphatic heterocycles. The van der Waals surface area contributed by atoms with E-state index in [1.54, 1.807) is 0 Å². The summed E-state index contributed by atoms with van der Waals surface area (Å²) in [5.41, 5.74) is 4.19. The fraction of sp³-hybridized carbons (Fsp3) is 0.350. The first-order chi connectivity index (χ1) is 11.6. The average molecular weight is 323 g/mol. The van der Waals surface area contributed by atoms with Crippen LogP contribution >= 0.6 is 0 Å². The monoisotopic (exact) mass is 323 g/mol. The molecule has 0 aromatic heterocycles. The number of hydrogen-bond acceptors (Lipinski definition) is 2. The Morgan fingerprint density at radius 1 is 1.12 bits per heavy atom. The van der Waals surface area contributed by atoms with Crippen LogP contribution in [0.15, 0.2) is 48.5 Å². The molecule has 1 heterocycles. The Hall–Kier alpha value is -2.33. The van der Waals surface area contributed by atoms with Crippen LogP contribution in [0.3, 0.4) is 0 Å². The van der Waals surface area contributed by atoms with Gasteiger partial charge in [-0.2, -0.15) is 0 Å². The molecule has 2 aromatic carbocycles. The molecule has 1 fully saturated rings. The Kier molecular flexibility index (Phi) is 3.39. The lowest BCUT2D eigenvalue weighted by Gasteiger charge is -2.39. The van der Waals surface area contributed by atoms with Crippen molar-refractivity contribution in [1.82, 2.24) is 4.90 Å². The molecular formula is C20H21NO3. The van der Waals surface area contributed by atoms with E-state index in [4.69, 9.17) is 0 Å². The number of rotatable bonds is 2. The minimum atomic E-state index is -0.950. The van der Waals surface area contributed by atoms with Crippen LogP contribution in [0.25, 0.3) is 11.1 Å². The number of fused-ring (bicyclic) bond motifs is 3. The molecule has 124 valence electrons. The highest BCUT2D eigenvalue weighted by atomic mass is 16.4. The summed E-state index contributed by atoms with van der Waals surface area (Å²) >= 11 is 0. The molecule has 24 heavy (non-hydrogen) atoms. The topological polar surface area (TPSA) is 60.8 Å². The van der Waals surface area contributed by atoms with E-state index in [1.807, 2.05) is 31.2 Å². The molecular weight excluding hydrogens is 302 g/mol. The second kappa shape index (κ2) is 5.35. The molecule has 4 nitrogen and oxygen atoms in total. The van der Waals surface area contributed by atoms with Gasteiger partial charge in [-0.3, -0.25) is 0 Å². The lowest BCUT2D eigenvalue weighted by Crippen LogP contribution is -2.52. The summed E-state index contributed by atoms with van der Waals surface area (Å²) in [6.07, 6.45) is -0.190. The smallest absolute Gasteiger partial charge is 0.407 e. The summed E-state index contributed by atoms with van der Waals surface area (Å²) in [6.45, 7) is 2.19. The van der Waals surface area contributed by atoms with Crippen LogP contribution in [-0.4, -0.2) is 39.9 Å². The Morgan fingerprint density at radius 3 is 2.17 bits per heavy atom. The Labute approximate surface area is 141 Å². The third kappa shape index (κ3) is 1.93. The molecule has 4 heteroatoms. The van der Waals surface area contributed by atoms with E-state index in [2.05, 4.69) is 24.3 Å². The van der Waals surface area contributed by atoms with Gasteiger partial charge < -0.3 is 15.1 Å². The van der Waals surface area contributed by atoms with Crippen LogP contribution in [-0.2, 0) is 0 Å². The maximum Gasteiger partial charge on any atom is 0.407 e. The van der Waals surface area contributed by atoms with Gasteiger partial charge in [0.2, 0.25) is 0 Å². The van der Waals surface area contributed by atoms with E-state index in [9.17, 15) is 15.0 Å². The van der Waals surface area contributed by atoms with Crippen molar-refractivity contribution in [2.75, 3.05) is 13.2 Å². The van der Waals surface area contributed by atoms with Crippen molar-refractivity contribution in [2.24, 2.45) is 5.92 Å². The molecule has 0 bridgehead atoms. The zero-order valence-corrected chi connectivity index (χ0v) is 13.6. The number of aliphatic hydroxyl groups excluding tert-OH is 1. The predicted molar refractivity (Wildman–Crippen MR) is 92.0 cm³/mol. The van der Waals surface area contributed by atoms with E-state index >= 15 is 0 Å². The summed E-state index contributed by atoms with van der Waals surface area (Å²) < 4.78 is 0. The number of likely N-dealkylation sites (tertiary alicyclic amines) is 1. The van der Waals surface area contributed by atoms with Crippen molar-refractivity contribution < 1.29 is 15.0 Å². The average Bonchev–Trinajstić information content (AvgIpc) is 3.10. The second-order valence-corrected chi connectivity index (χ2v) is 7.00. The number of nitrogens with zero attached hydrogens (tertiary/aromatic N) is 1. The van der Waals surface area contributed by atoms with Gasteiger partial charge in [0.25, 0.3) is 0 Å². The molecule has 1 saturated heterocycles. The van der Waals surface area contributed by atoms with E-state index in [-0.39, 0.29) is 18.4 Å². The molecule has 1 amide bonds. The molecule has 0 spiro atoms. The van der Waals surface area contributed by atoms with Crippen LogP contribution in [0, 0.1) is 5.92 Å². The van der Waals surface area contributed by atoms with Crippen LogP contribution in [0.2, 0.25) is 0 Å². The summed E-state index contributed by atoms with van der Waals surface area (Å²) in [7, 11) is 0. The van der Waals surface area contributed by atoms with Gasteiger partial charge in [0.05, 0.1) is 12.1 Å². The van der Waals surface area contributed by atoms with Crippen molar-refractivity contribution >= 4 is 6.09 Å². The first-order valence-electron chi connectivity index (χ1n) is 8.37. The van der Waals surface area contributed by atoms with Crippen molar-refractivity contribution in [3.63, 3.8) is 0 Å². The minimum Gasteiger partial charge on any atom is -0.465 e. The zero-order valence-electron chi connectivity index (χ0n) is 13.6. The van der Waals surface area contributed by atoms with Gasteiger partial charge in [-0.1, -0.05) is 48.5 Å². The highest BCUT2D eigenvalue weighted by Gasteiger charge is 2.52. The van der Waals surface area contributed by atoms with E-state index in [0.29, 0.717) is 6.54 Å². The Bertz CT molecular complexity index is 757. The van der Waals surface area contributed by atoms with Gasteiger partial charge in [0, 0.05) is 12.5 Å². The number of carbonyl (C=O) groups is 1. The third-order valence-electron chi connectivity index (χ3n) is 5.91. The van der Waals surface area contributed by atoms with Crippen LogP contribution in [0.1, 0.15) is 30.4 Å². The maximum absolute atomic E-state index is 11.6. The number of amides is 1. The van der Waals surface area contributed by atoms with Gasteiger partial charge >= 0.3 is 6.09 Å². The highest BCUT2D eigenvalue weighted by molar-refractivity contribution is 5.79. The quantitative estimate of drug-likeness (QED) is 0.888. The van der Waals surface area contributed by atoms with Gasteiger partial charge in [0.15, 0.2) is 0 Å². The first kappa shape index (κ1) is 15.2. The largest absolute Gasteiger partial charge is 0.465 e. The van der Waals surface area contributed by atoms with Crippen LogP contribution in [0.5, 0.6) is 0 Å². The van der Waals surface area contributed by atoms with Crippen molar-refractivity contribution in [3.8, 4) is 11.1 Å². The van der Waals surface area contributed by atoms with Crippen LogP contribution < -0.4 is 0 Å². The highest BCUT2D eigenvalue weighted by Crippen LogP contribution is 2.54. The standard InChI is InChI=1S/C20H21NO3/c1-20(12-22)17(10-11-21(20)19(23)24)18-15-8-4-2-6-13(15)14-7-3-5-9-16(14)18/h2-9,17-18,22H,10-12H2,1H3,(H,23,24)/t17?,20-/m1/s1. The second-order valence-electron chi connectivity index (χ2n) is 7.00. The summed E-state index contributed by atoms with van der Waals surface area (Å²) in [5, 5.41) is 19.6. The van der Waals surface area contributed by atoms with Gasteiger partial charge in [-0.25, -0.2) is 4.79 Å². The Morgan fingerprint density at radius 2 is 1.67 bits per heavy atom. The third-order valence-corrected chi connectivity index (χ3v) is 5.91. The molecule has 2 aliphatic rings. The number of hydrogen-bond donors (Lipinski definition) is 2. The SMILES string of the molecule is C[C@@]1(CO)C(C2c3ccccc3-c3ccccc32)CCN1C(=O)O. The fourth-order valence-corrected chi connectivity index (χ4v) is 4.71. The van der Waals surface area contributed by atoms with Gasteiger partial charge in [-0.15, -0.1) is 0 Å². The first-order valence-corrected chi connectivity index (χ1v) is 8.37. The normalized spacial score (nSPS) is 25.6. The summed E-state index contributed by atoms with van der Waals surface area (Å²) in [6, 6.07) is 16.7. The van der Waals surface area contributed by atoms with Crippen molar-refractivity contribution in [3.05, 3.63) is 59.7 Å². The predicted octanol–water partition coefficient (Wildman–Crippen LogP) is 3.55. The van der Waals surface area contributed by atoms with Crippen molar-refractivity contribution in [2.45, 2.75) is 24.8 Å². The molecule has 1 unspecified atom stereocenters. The van der Waals surface area contributed by atoms with E-state index in [1.165, 1.54) is 27.2 Å². The lowest BCUT2D eigenvalue weighted by atomic mass is 9.73. The summed E-state index contributed by atoms with van der Waals surface area (Å²) in [4.78, 5) is 13.1. The number of carboxylic acid groups (broad SMARTS) is 1. The zero-order chi connectivity index (χ0) is 16.9. The van der Waals surface area contributed by atoms with Crippen LogP contribution in [0.4, 0.5) is 4.79 Å². The van der Waals surface area contributed by atoms with E-state index < -0.39 is 11.6 Å². The fourth-order valence-electron chi connectivity index (χ4n) is 4.71. The molecule has 2 atom stereocenters. The number of benzene rings is 2. The number of aliphatic hydroxyl groups is 1. The molecule has 2 aromatic rings. The maximum atomic E-state index is 11.6. The Balaban J connectivity index is 1.86. The molecule has 1 aliphatic carbocycles. The molecule has 0 saturated carbocycles. The van der Waals surface area contributed by atoms with Gasteiger partial charge in [0.1, 0.15) is 0 Å².